The van der Waals surface area contributed by atoms with Crippen LogP contribution in [0.1, 0.15) is 28.6 Å². The Morgan fingerprint density at radius 1 is 1.24 bits per heavy atom. The molecule has 152 valence electrons. The van der Waals surface area contributed by atoms with Crippen molar-refractivity contribution in [3.8, 4) is 0 Å². The lowest BCUT2D eigenvalue weighted by Gasteiger charge is -2.35. The number of carbonyl (C=O) groups is 1. The number of halogens is 1. The lowest BCUT2D eigenvalue weighted by atomic mass is 10.1. The second-order valence-corrected chi connectivity index (χ2v) is 8.66. The molecule has 1 saturated heterocycles. The van der Waals surface area contributed by atoms with Crippen LogP contribution in [-0.2, 0) is 0 Å². The maximum absolute atomic E-state index is 12.9. The van der Waals surface area contributed by atoms with Crippen molar-refractivity contribution in [3.05, 3.63) is 46.1 Å². The quantitative estimate of drug-likeness (QED) is 0.649. The minimum absolute atomic E-state index is 0.147. The average molecular weight is 430 g/mol. The van der Waals surface area contributed by atoms with E-state index in [1.807, 2.05) is 19.1 Å². The second kappa shape index (κ2) is 8.65. The number of benzene rings is 1. The van der Waals surface area contributed by atoms with Gasteiger partial charge in [0.2, 0.25) is 0 Å². The molecule has 3 aromatic rings. The van der Waals surface area contributed by atoms with Crippen LogP contribution in [0.2, 0.25) is 5.02 Å². The summed E-state index contributed by atoms with van der Waals surface area (Å²) in [7, 11) is 0. The van der Waals surface area contributed by atoms with E-state index in [-0.39, 0.29) is 5.91 Å². The van der Waals surface area contributed by atoms with E-state index in [9.17, 15) is 4.79 Å². The largest absolute Gasteiger partial charge is 0.353 e. The number of carbonyl (C=O) groups excluding carboxylic acids is 1. The molecule has 0 bridgehead atoms. The van der Waals surface area contributed by atoms with Gasteiger partial charge in [-0.05, 0) is 43.7 Å². The van der Waals surface area contributed by atoms with Crippen LogP contribution in [0.3, 0.4) is 0 Å². The van der Waals surface area contributed by atoms with Crippen molar-refractivity contribution in [3.63, 3.8) is 0 Å². The third-order valence-corrected chi connectivity index (χ3v) is 6.64. The molecule has 8 heteroatoms. The van der Waals surface area contributed by atoms with Crippen LogP contribution in [0.4, 0.5) is 11.5 Å². The minimum atomic E-state index is -0.147. The van der Waals surface area contributed by atoms with Gasteiger partial charge in [0.05, 0.1) is 10.3 Å². The summed E-state index contributed by atoms with van der Waals surface area (Å²) in [4.78, 5) is 28.2. The van der Waals surface area contributed by atoms with Gasteiger partial charge < -0.3 is 10.2 Å². The summed E-state index contributed by atoms with van der Waals surface area (Å²) < 4.78 is 0. The van der Waals surface area contributed by atoms with Gasteiger partial charge in [0.25, 0.3) is 5.91 Å². The van der Waals surface area contributed by atoms with Crippen LogP contribution >= 0.6 is 22.9 Å². The fourth-order valence-corrected chi connectivity index (χ4v) is 4.99. The summed E-state index contributed by atoms with van der Waals surface area (Å²) in [5.41, 5.74) is 1.61. The Morgan fingerprint density at radius 3 is 2.76 bits per heavy atom. The number of aromatic nitrogens is 2. The summed E-state index contributed by atoms with van der Waals surface area (Å²) >= 11 is 7.44. The van der Waals surface area contributed by atoms with Crippen LogP contribution in [0, 0.1) is 6.92 Å². The van der Waals surface area contributed by atoms with Gasteiger partial charge in [-0.3, -0.25) is 9.69 Å². The first-order chi connectivity index (χ1) is 14.1. The molecule has 0 aliphatic carbocycles. The fourth-order valence-electron chi connectivity index (χ4n) is 3.76. The molecule has 1 aliphatic rings. The highest BCUT2D eigenvalue weighted by molar-refractivity contribution is 7.20. The highest BCUT2D eigenvalue weighted by Gasteiger charge is 2.24. The standard InChI is InChI=1S/C21H24ClN5OS/c1-3-7-26-8-10-27(11-9-26)19-17-14(2)18(29-21(17)24-13-23-19)20(28)25-16-6-4-5-15(22)12-16/h4-6,12-13H,3,7-11H2,1-2H3,(H,25,28). The molecule has 0 atom stereocenters. The van der Waals surface area contributed by atoms with Gasteiger partial charge in [-0.2, -0.15) is 0 Å². The molecule has 0 unspecified atom stereocenters. The van der Waals surface area contributed by atoms with Crippen molar-refractivity contribution in [2.24, 2.45) is 0 Å². The minimum Gasteiger partial charge on any atom is -0.353 e. The zero-order valence-electron chi connectivity index (χ0n) is 16.6. The number of piperazine rings is 1. The molecule has 1 fully saturated rings. The molecule has 1 aliphatic heterocycles. The predicted octanol–water partition coefficient (Wildman–Crippen LogP) is 4.44. The van der Waals surface area contributed by atoms with Gasteiger partial charge in [0.1, 0.15) is 17.0 Å². The van der Waals surface area contributed by atoms with Crippen LogP contribution in [0.25, 0.3) is 10.2 Å². The highest BCUT2D eigenvalue weighted by Crippen LogP contribution is 2.35. The second-order valence-electron chi connectivity index (χ2n) is 7.23. The van der Waals surface area contributed by atoms with Crippen molar-refractivity contribution >= 4 is 50.6 Å². The summed E-state index contributed by atoms with van der Waals surface area (Å²) in [6.45, 7) is 9.27. The lowest BCUT2D eigenvalue weighted by molar-refractivity contribution is 0.103. The monoisotopic (exact) mass is 429 g/mol. The number of aryl methyl sites for hydroxylation is 1. The molecule has 4 rings (SSSR count). The van der Waals surface area contributed by atoms with Crippen LogP contribution in [-0.4, -0.2) is 53.5 Å². The number of nitrogens with one attached hydrogen (secondary N) is 1. The Morgan fingerprint density at radius 2 is 2.03 bits per heavy atom. The topological polar surface area (TPSA) is 61.4 Å². The van der Waals surface area contributed by atoms with Crippen LogP contribution < -0.4 is 10.2 Å². The summed E-state index contributed by atoms with van der Waals surface area (Å²) in [6.07, 6.45) is 2.77. The maximum atomic E-state index is 12.9. The van der Waals surface area contributed by atoms with E-state index in [0.717, 1.165) is 54.3 Å². The number of hydrogen-bond donors (Lipinski definition) is 1. The Hall–Kier alpha value is -2.22. The van der Waals surface area contributed by atoms with E-state index in [4.69, 9.17) is 11.6 Å². The Balaban J connectivity index is 1.61. The lowest BCUT2D eigenvalue weighted by Crippen LogP contribution is -2.46. The summed E-state index contributed by atoms with van der Waals surface area (Å²) in [6, 6.07) is 7.16. The number of hydrogen-bond acceptors (Lipinski definition) is 6. The number of amides is 1. The van der Waals surface area contributed by atoms with Gasteiger partial charge in [-0.25, -0.2) is 9.97 Å². The Bertz CT molecular complexity index is 1030. The van der Waals surface area contributed by atoms with Crippen molar-refractivity contribution in [1.29, 1.82) is 0 Å². The first kappa shape index (κ1) is 20.1. The van der Waals surface area contributed by atoms with Crippen molar-refractivity contribution < 1.29 is 4.79 Å². The van der Waals surface area contributed by atoms with Crippen molar-refractivity contribution in [1.82, 2.24) is 14.9 Å². The summed E-state index contributed by atoms with van der Waals surface area (Å²) in [5, 5.41) is 4.51. The summed E-state index contributed by atoms with van der Waals surface area (Å²) in [5.74, 6) is 0.785. The maximum Gasteiger partial charge on any atom is 0.266 e. The zero-order chi connectivity index (χ0) is 20.4. The van der Waals surface area contributed by atoms with E-state index in [0.29, 0.717) is 15.6 Å². The molecule has 1 amide bonds. The number of rotatable bonds is 5. The van der Waals surface area contributed by atoms with Gasteiger partial charge in [0, 0.05) is 36.9 Å². The molecule has 0 radical (unpaired) electrons. The number of thiophene rings is 1. The molecule has 0 saturated carbocycles. The number of nitrogens with zero attached hydrogens (tertiary/aromatic N) is 4. The molecule has 3 heterocycles. The normalized spacial score (nSPS) is 15.1. The Kier molecular flexibility index (Phi) is 5.99. The van der Waals surface area contributed by atoms with Gasteiger partial charge in [0.15, 0.2) is 0 Å². The molecule has 1 aromatic carbocycles. The van der Waals surface area contributed by atoms with Gasteiger partial charge in [-0.15, -0.1) is 11.3 Å². The molecule has 2 aromatic heterocycles. The average Bonchev–Trinajstić information content (AvgIpc) is 3.06. The van der Waals surface area contributed by atoms with E-state index in [1.54, 1.807) is 18.5 Å². The molecular weight excluding hydrogens is 406 g/mol. The van der Waals surface area contributed by atoms with Crippen molar-refractivity contribution in [2.75, 3.05) is 42.9 Å². The fraction of sp³-hybridized carbons (Fsp3) is 0.381. The molecule has 1 N–H and O–H groups in total. The van der Waals surface area contributed by atoms with E-state index < -0.39 is 0 Å². The van der Waals surface area contributed by atoms with Crippen LogP contribution in [0.15, 0.2) is 30.6 Å². The molecule has 29 heavy (non-hydrogen) atoms. The third kappa shape index (κ3) is 4.22. The van der Waals surface area contributed by atoms with E-state index in [2.05, 4.69) is 32.0 Å². The molecular formula is C21H24ClN5OS. The molecule has 0 spiro atoms. The third-order valence-electron chi connectivity index (χ3n) is 5.21. The van der Waals surface area contributed by atoms with E-state index >= 15 is 0 Å². The predicted molar refractivity (Wildman–Crippen MR) is 121 cm³/mol. The zero-order valence-corrected chi connectivity index (χ0v) is 18.2. The molecule has 6 nitrogen and oxygen atoms in total. The number of fused-ring (bicyclic) bond motifs is 1. The first-order valence-electron chi connectivity index (χ1n) is 9.85. The number of anilines is 2. The first-order valence-corrected chi connectivity index (χ1v) is 11.0. The van der Waals surface area contributed by atoms with Gasteiger partial charge >= 0.3 is 0 Å². The Labute approximate surface area is 179 Å². The smallest absolute Gasteiger partial charge is 0.266 e. The highest BCUT2D eigenvalue weighted by atomic mass is 35.5. The van der Waals surface area contributed by atoms with Crippen LogP contribution in [0.5, 0.6) is 0 Å². The van der Waals surface area contributed by atoms with Crippen molar-refractivity contribution in [2.45, 2.75) is 20.3 Å². The SMILES string of the molecule is CCCN1CCN(c2ncnc3sc(C(=O)Nc4cccc(Cl)c4)c(C)c23)CC1. The van der Waals surface area contributed by atoms with E-state index in [1.165, 1.54) is 17.8 Å². The van der Waals surface area contributed by atoms with Gasteiger partial charge in [-0.1, -0.05) is 24.6 Å².